The highest BCUT2D eigenvalue weighted by Gasteiger charge is 2.14. The van der Waals surface area contributed by atoms with Crippen LogP contribution in [-0.2, 0) is 6.54 Å². The van der Waals surface area contributed by atoms with Crippen LogP contribution < -0.4 is 10.1 Å². The number of nitrogens with zero attached hydrogens (tertiary/aromatic N) is 1. The van der Waals surface area contributed by atoms with Gasteiger partial charge in [-0.05, 0) is 26.0 Å². The molecule has 0 aliphatic carbocycles. The minimum Gasteiger partial charge on any atom is -0.493 e. The number of rotatable bonds is 5. The molecule has 0 bridgehead atoms. The fourth-order valence-corrected chi connectivity index (χ4v) is 2.29. The lowest BCUT2D eigenvalue weighted by Crippen LogP contribution is -2.17. The first-order chi connectivity index (χ1) is 10.2. The molecule has 0 saturated carbocycles. The van der Waals surface area contributed by atoms with Gasteiger partial charge in [0.2, 0.25) is 0 Å². The summed E-state index contributed by atoms with van der Waals surface area (Å²) in [6.45, 7) is 4.56. The summed E-state index contributed by atoms with van der Waals surface area (Å²) in [6, 6.07) is 9.88. The molecule has 110 valence electrons. The largest absolute Gasteiger partial charge is 0.493 e. The molecule has 0 radical (unpaired) electrons. The number of methoxy groups -OCH3 is 1. The molecule has 3 aromatic rings. The van der Waals surface area contributed by atoms with Gasteiger partial charge in [0.15, 0.2) is 11.3 Å². The molecule has 3 rings (SSSR count). The summed E-state index contributed by atoms with van der Waals surface area (Å²) in [4.78, 5) is 0. The number of nitrogens with one attached hydrogen (secondary N) is 1. The zero-order chi connectivity index (χ0) is 14.8. The van der Waals surface area contributed by atoms with Crippen LogP contribution in [0.4, 0.5) is 0 Å². The van der Waals surface area contributed by atoms with Crippen molar-refractivity contribution in [2.24, 2.45) is 0 Å². The molecule has 5 nitrogen and oxygen atoms in total. The Morgan fingerprint density at radius 2 is 2.19 bits per heavy atom. The summed E-state index contributed by atoms with van der Waals surface area (Å²) in [5.41, 5.74) is 1.66. The molecule has 1 N–H and O–H groups in total. The van der Waals surface area contributed by atoms with Crippen molar-refractivity contribution in [1.82, 2.24) is 10.5 Å². The van der Waals surface area contributed by atoms with Crippen molar-refractivity contribution in [3.63, 3.8) is 0 Å². The van der Waals surface area contributed by atoms with E-state index in [2.05, 4.69) is 17.4 Å². The Kier molecular flexibility index (Phi) is 3.66. The average Bonchev–Trinajstić information content (AvgIpc) is 3.10. The number of aromatic nitrogens is 1. The van der Waals surface area contributed by atoms with Crippen LogP contribution in [-0.4, -0.2) is 12.3 Å². The SMILES string of the molecule is COc1cccc2cc(C(C)NCc3cc(C)on3)oc12. The Balaban J connectivity index is 1.76. The first-order valence-electron chi connectivity index (χ1n) is 6.89. The second-order valence-electron chi connectivity index (χ2n) is 5.06. The van der Waals surface area contributed by atoms with E-state index in [0.717, 1.165) is 33.9 Å². The van der Waals surface area contributed by atoms with E-state index in [1.54, 1.807) is 7.11 Å². The van der Waals surface area contributed by atoms with Crippen LogP contribution in [0.1, 0.15) is 30.2 Å². The highest BCUT2D eigenvalue weighted by atomic mass is 16.5. The molecule has 2 heterocycles. The van der Waals surface area contributed by atoms with Crippen molar-refractivity contribution in [3.05, 3.63) is 47.5 Å². The van der Waals surface area contributed by atoms with Crippen molar-refractivity contribution in [2.75, 3.05) is 7.11 Å². The van der Waals surface area contributed by atoms with Gasteiger partial charge >= 0.3 is 0 Å². The molecule has 0 saturated heterocycles. The molecular formula is C16H18N2O3. The zero-order valence-corrected chi connectivity index (χ0v) is 12.3. The van der Waals surface area contributed by atoms with Gasteiger partial charge in [0.05, 0.1) is 18.8 Å². The van der Waals surface area contributed by atoms with Crippen LogP contribution in [0.2, 0.25) is 0 Å². The zero-order valence-electron chi connectivity index (χ0n) is 12.3. The lowest BCUT2D eigenvalue weighted by molar-refractivity contribution is 0.381. The highest BCUT2D eigenvalue weighted by Crippen LogP contribution is 2.30. The van der Waals surface area contributed by atoms with Crippen molar-refractivity contribution in [2.45, 2.75) is 26.4 Å². The molecule has 0 fully saturated rings. The van der Waals surface area contributed by atoms with Gasteiger partial charge < -0.3 is 19.0 Å². The molecule has 5 heteroatoms. The number of para-hydroxylation sites is 1. The molecule has 1 aromatic carbocycles. The van der Waals surface area contributed by atoms with Gasteiger partial charge in [0.1, 0.15) is 11.5 Å². The lowest BCUT2D eigenvalue weighted by Gasteiger charge is -2.09. The molecule has 0 spiro atoms. The summed E-state index contributed by atoms with van der Waals surface area (Å²) in [6.07, 6.45) is 0. The standard InChI is InChI=1S/C16H18N2O3/c1-10-7-13(18-21-10)9-17-11(2)15-8-12-5-4-6-14(19-3)16(12)20-15/h4-8,11,17H,9H2,1-3H3. The van der Waals surface area contributed by atoms with Crippen molar-refractivity contribution >= 4 is 11.0 Å². The second kappa shape index (κ2) is 5.61. The van der Waals surface area contributed by atoms with E-state index in [1.807, 2.05) is 37.3 Å². The molecule has 1 unspecified atom stereocenters. The van der Waals surface area contributed by atoms with Crippen LogP contribution in [0.3, 0.4) is 0 Å². The number of hydrogen-bond donors (Lipinski definition) is 1. The quantitative estimate of drug-likeness (QED) is 0.776. The number of aryl methyl sites for hydroxylation is 1. The van der Waals surface area contributed by atoms with Crippen molar-refractivity contribution in [1.29, 1.82) is 0 Å². The number of benzene rings is 1. The number of hydrogen-bond acceptors (Lipinski definition) is 5. The monoisotopic (exact) mass is 286 g/mol. The van der Waals surface area contributed by atoms with E-state index in [0.29, 0.717) is 6.54 Å². The predicted molar refractivity (Wildman–Crippen MR) is 79.3 cm³/mol. The van der Waals surface area contributed by atoms with Gasteiger partial charge in [-0.25, -0.2) is 0 Å². The Morgan fingerprint density at radius 1 is 1.33 bits per heavy atom. The molecule has 2 aromatic heterocycles. The Labute approximate surface area is 122 Å². The Morgan fingerprint density at radius 3 is 2.90 bits per heavy atom. The third-order valence-corrected chi connectivity index (χ3v) is 3.44. The highest BCUT2D eigenvalue weighted by molar-refractivity contribution is 5.83. The van der Waals surface area contributed by atoms with Gasteiger partial charge in [0.25, 0.3) is 0 Å². The van der Waals surface area contributed by atoms with E-state index in [-0.39, 0.29) is 6.04 Å². The van der Waals surface area contributed by atoms with E-state index in [9.17, 15) is 0 Å². The summed E-state index contributed by atoms with van der Waals surface area (Å²) in [5, 5.41) is 8.37. The van der Waals surface area contributed by atoms with Crippen molar-refractivity contribution < 1.29 is 13.7 Å². The van der Waals surface area contributed by atoms with E-state index in [4.69, 9.17) is 13.7 Å². The van der Waals surface area contributed by atoms with Crippen LogP contribution in [0.5, 0.6) is 5.75 Å². The van der Waals surface area contributed by atoms with E-state index < -0.39 is 0 Å². The first-order valence-corrected chi connectivity index (χ1v) is 6.89. The summed E-state index contributed by atoms with van der Waals surface area (Å²) in [5.74, 6) is 2.43. The van der Waals surface area contributed by atoms with E-state index >= 15 is 0 Å². The smallest absolute Gasteiger partial charge is 0.176 e. The Hall–Kier alpha value is -2.27. The fourth-order valence-electron chi connectivity index (χ4n) is 2.29. The first kappa shape index (κ1) is 13.7. The maximum absolute atomic E-state index is 5.91. The van der Waals surface area contributed by atoms with Crippen LogP contribution in [0.25, 0.3) is 11.0 Å². The number of ether oxygens (including phenoxy) is 1. The van der Waals surface area contributed by atoms with Crippen LogP contribution in [0.15, 0.2) is 39.3 Å². The summed E-state index contributed by atoms with van der Waals surface area (Å²) >= 11 is 0. The molecular weight excluding hydrogens is 268 g/mol. The predicted octanol–water partition coefficient (Wildman–Crippen LogP) is 3.59. The topological polar surface area (TPSA) is 60.4 Å². The van der Waals surface area contributed by atoms with E-state index in [1.165, 1.54) is 0 Å². The van der Waals surface area contributed by atoms with Gasteiger partial charge in [-0.1, -0.05) is 17.3 Å². The lowest BCUT2D eigenvalue weighted by atomic mass is 10.2. The van der Waals surface area contributed by atoms with Gasteiger partial charge in [-0.15, -0.1) is 0 Å². The third-order valence-electron chi connectivity index (χ3n) is 3.44. The van der Waals surface area contributed by atoms with Gasteiger partial charge in [-0.3, -0.25) is 0 Å². The maximum atomic E-state index is 5.91. The molecule has 0 amide bonds. The third kappa shape index (κ3) is 2.78. The summed E-state index contributed by atoms with van der Waals surface area (Å²) < 4.78 is 16.3. The molecule has 21 heavy (non-hydrogen) atoms. The van der Waals surface area contributed by atoms with Gasteiger partial charge in [0, 0.05) is 18.0 Å². The minimum atomic E-state index is 0.0686. The molecule has 1 atom stereocenters. The Bertz CT molecular complexity index is 745. The van der Waals surface area contributed by atoms with Crippen molar-refractivity contribution in [3.8, 4) is 5.75 Å². The maximum Gasteiger partial charge on any atom is 0.176 e. The normalized spacial score (nSPS) is 12.7. The van der Waals surface area contributed by atoms with Gasteiger partial charge in [-0.2, -0.15) is 0 Å². The molecule has 0 aliphatic heterocycles. The number of furan rings is 1. The average molecular weight is 286 g/mol. The minimum absolute atomic E-state index is 0.0686. The molecule has 0 aliphatic rings. The number of fused-ring (bicyclic) bond motifs is 1. The second-order valence-corrected chi connectivity index (χ2v) is 5.06. The van der Waals surface area contributed by atoms with Crippen LogP contribution in [0, 0.1) is 6.92 Å². The van der Waals surface area contributed by atoms with Crippen LogP contribution >= 0.6 is 0 Å². The summed E-state index contributed by atoms with van der Waals surface area (Å²) in [7, 11) is 1.64. The fraction of sp³-hybridized carbons (Fsp3) is 0.312.